The third-order valence-corrected chi connectivity index (χ3v) is 5.27. The van der Waals surface area contributed by atoms with Crippen molar-refractivity contribution in [2.45, 2.75) is 18.9 Å². The number of thiophene rings is 1. The van der Waals surface area contributed by atoms with Crippen LogP contribution in [0.4, 0.5) is 5.82 Å². The van der Waals surface area contributed by atoms with Crippen molar-refractivity contribution in [1.82, 2.24) is 9.97 Å². The predicted molar refractivity (Wildman–Crippen MR) is 90.9 cm³/mol. The molecule has 3 heterocycles. The Morgan fingerprint density at radius 3 is 2.87 bits per heavy atom. The molecule has 0 spiro atoms. The van der Waals surface area contributed by atoms with Gasteiger partial charge >= 0.3 is 5.97 Å². The van der Waals surface area contributed by atoms with E-state index < -0.39 is 12.0 Å². The molecular weight excluding hydrogens is 310 g/mol. The van der Waals surface area contributed by atoms with Gasteiger partial charge < -0.3 is 10.0 Å². The molecule has 0 bridgehead atoms. The number of nitrogens with zero attached hydrogens (tertiary/aromatic N) is 3. The number of fused-ring (bicyclic) bond motifs is 1. The number of rotatable bonds is 3. The van der Waals surface area contributed by atoms with Crippen molar-refractivity contribution >= 4 is 33.3 Å². The second kappa shape index (κ2) is 5.62. The Labute approximate surface area is 137 Å². The van der Waals surface area contributed by atoms with Gasteiger partial charge in [0.15, 0.2) is 0 Å². The molecule has 3 aromatic rings. The van der Waals surface area contributed by atoms with Gasteiger partial charge in [0, 0.05) is 11.4 Å². The summed E-state index contributed by atoms with van der Waals surface area (Å²) in [6, 6.07) is 11.7. The molecule has 0 amide bonds. The lowest BCUT2D eigenvalue weighted by molar-refractivity contribution is -0.138. The predicted octanol–water partition coefficient (Wildman–Crippen LogP) is 3.41. The van der Waals surface area contributed by atoms with Gasteiger partial charge in [-0.2, -0.15) is 0 Å². The monoisotopic (exact) mass is 325 g/mol. The van der Waals surface area contributed by atoms with Gasteiger partial charge in [-0.3, -0.25) is 0 Å². The number of hydrogen-bond acceptors (Lipinski definition) is 5. The van der Waals surface area contributed by atoms with E-state index in [1.54, 1.807) is 11.3 Å². The van der Waals surface area contributed by atoms with Crippen LogP contribution in [0.5, 0.6) is 0 Å². The molecule has 1 atom stereocenters. The zero-order chi connectivity index (χ0) is 15.8. The quantitative estimate of drug-likeness (QED) is 0.799. The Hall–Kier alpha value is -2.47. The third kappa shape index (κ3) is 2.45. The minimum absolute atomic E-state index is 0.492. The summed E-state index contributed by atoms with van der Waals surface area (Å²) in [5.41, 5.74) is 1.14. The Morgan fingerprint density at radius 2 is 2.09 bits per heavy atom. The second-order valence-electron chi connectivity index (χ2n) is 5.58. The van der Waals surface area contributed by atoms with Crippen molar-refractivity contribution in [3.05, 3.63) is 42.7 Å². The fourth-order valence-corrected chi connectivity index (χ4v) is 4.09. The van der Waals surface area contributed by atoms with E-state index in [1.807, 2.05) is 23.1 Å². The fourth-order valence-electron chi connectivity index (χ4n) is 3.09. The van der Waals surface area contributed by atoms with Crippen molar-refractivity contribution in [1.29, 1.82) is 0 Å². The van der Waals surface area contributed by atoms with Crippen molar-refractivity contribution in [2.75, 3.05) is 11.4 Å². The Kier molecular flexibility index (Phi) is 3.46. The van der Waals surface area contributed by atoms with Crippen LogP contribution in [0, 0.1) is 0 Å². The van der Waals surface area contributed by atoms with Gasteiger partial charge in [0.05, 0.1) is 5.39 Å². The van der Waals surface area contributed by atoms with E-state index in [9.17, 15) is 9.90 Å². The summed E-state index contributed by atoms with van der Waals surface area (Å²) in [4.78, 5) is 24.1. The first kappa shape index (κ1) is 14.1. The topological polar surface area (TPSA) is 66.3 Å². The summed E-state index contributed by atoms with van der Waals surface area (Å²) in [6.07, 6.45) is 3.06. The molecule has 116 valence electrons. The molecule has 1 saturated heterocycles. The largest absolute Gasteiger partial charge is 0.480 e. The molecule has 1 aromatic carbocycles. The molecule has 23 heavy (non-hydrogen) atoms. The molecular formula is C17H15N3O2S. The maximum Gasteiger partial charge on any atom is 0.326 e. The van der Waals surface area contributed by atoms with Crippen LogP contribution in [0.15, 0.2) is 42.7 Å². The molecule has 1 aliphatic rings. The lowest BCUT2D eigenvalue weighted by Crippen LogP contribution is -2.36. The van der Waals surface area contributed by atoms with E-state index >= 15 is 0 Å². The smallest absolute Gasteiger partial charge is 0.326 e. The summed E-state index contributed by atoms with van der Waals surface area (Å²) < 4.78 is 0. The molecule has 6 heteroatoms. The first-order valence-corrected chi connectivity index (χ1v) is 8.35. The minimum atomic E-state index is -0.784. The summed E-state index contributed by atoms with van der Waals surface area (Å²) in [6.45, 7) is 0.722. The van der Waals surface area contributed by atoms with Gasteiger partial charge in [-0.1, -0.05) is 30.3 Å². The first-order chi connectivity index (χ1) is 11.2. The maximum atomic E-state index is 11.5. The van der Waals surface area contributed by atoms with Crippen LogP contribution < -0.4 is 4.90 Å². The van der Waals surface area contributed by atoms with Crippen LogP contribution >= 0.6 is 11.3 Å². The second-order valence-corrected chi connectivity index (χ2v) is 6.61. The number of aromatic nitrogens is 2. The Bertz CT molecular complexity index is 863. The van der Waals surface area contributed by atoms with E-state index in [2.05, 4.69) is 28.2 Å². The molecule has 1 aliphatic heterocycles. The van der Waals surface area contributed by atoms with Gasteiger partial charge in [-0.25, -0.2) is 14.8 Å². The standard InChI is InChI=1S/C17H15N3O2S/c21-17(22)13-7-4-8-20(13)15-12-9-14(11-5-2-1-3-6-11)23-16(12)19-10-18-15/h1-3,5-6,9-10,13H,4,7-8H2,(H,21,22). The number of carbonyl (C=O) groups is 1. The Morgan fingerprint density at radius 1 is 1.26 bits per heavy atom. The Balaban J connectivity index is 1.82. The molecule has 1 N–H and O–H groups in total. The summed E-state index contributed by atoms with van der Waals surface area (Å²) in [7, 11) is 0. The van der Waals surface area contributed by atoms with Crippen molar-refractivity contribution in [3.63, 3.8) is 0 Å². The van der Waals surface area contributed by atoms with Crippen molar-refractivity contribution in [3.8, 4) is 10.4 Å². The fraction of sp³-hybridized carbons (Fsp3) is 0.235. The summed E-state index contributed by atoms with van der Waals surface area (Å²) in [5.74, 6) is -0.0499. The molecule has 1 unspecified atom stereocenters. The van der Waals surface area contributed by atoms with E-state index in [-0.39, 0.29) is 0 Å². The number of hydrogen-bond donors (Lipinski definition) is 1. The highest BCUT2D eigenvalue weighted by atomic mass is 32.1. The van der Waals surface area contributed by atoms with Crippen LogP contribution in [0.3, 0.4) is 0 Å². The maximum absolute atomic E-state index is 11.5. The highest BCUT2D eigenvalue weighted by Gasteiger charge is 2.32. The highest BCUT2D eigenvalue weighted by molar-refractivity contribution is 7.21. The molecule has 1 fully saturated rings. The number of carboxylic acids is 1. The molecule has 5 nitrogen and oxygen atoms in total. The normalized spacial score (nSPS) is 17.7. The van der Waals surface area contributed by atoms with E-state index in [0.717, 1.165) is 39.4 Å². The van der Waals surface area contributed by atoms with E-state index in [4.69, 9.17) is 0 Å². The third-order valence-electron chi connectivity index (χ3n) is 4.18. The van der Waals surface area contributed by atoms with Crippen LogP contribution in [0.1, 0.15) is 12.8 Å². The zero-order valence-corrected chi connectivity index (χ0v) is 13.2. The first-order valence-electron chi connectivity index (χ1n) is 7.53. The van der Waals surface area contributed by atoms with Crippen LogP contribution in [0.25, 0.3) is 20.7 Å². The van der Waals surface area contributed by atoms with Gasteiger partial charge in [0.1, 0.15) is 23.0 Å². The van der Waals surface area contributed by atoms with Gasteiger partial charge in [0.25, 0.3) is 0 Å². The summed E-state index contributed by atoms with van der Waals surface area (Å²) >= 11 is 1.61. The van der Waals surface area contributed by atoms with E-state index in [1.165, 1.54) is 6.33 Å². The average Bonchev–Trinajstić information content (AvgIpc) is 3.22. The average molecular weight is 325 g/mol. The molecule has 4 rings (SSSR count). The number of benzene rings is 1. The van der Waals surface area contributed by atoms with Crippen LogP contribution in [0.2, 0.25) is 0 Å². The summed E-state index contributed by atoms with van der Waals surface area (Å²) in [5, 5.41) is 10.4. The van der Waals surface area contributed by atoms with E-state index in [0.29, 0.717) is 6.42 Å². The highest BCUT2D eigenvalue weighted by Crippen LogP contribution is 2.37. The lowest BCUT2D eigenvalue weighted by Gasteiger charge is -2.22. The lowest BCUT2D eigenvalue weighted by atomic mass is 10.2. The SMILES string of the molecule is O=C(O)C1CCCN1c1ncnc2sc(-c3ccccc3)cc12. The molecule has 0 aliphatic carbocycles. The van der Waals surface area contributed by atoms with Crippen molar-refractivity contribution in [2.24, 2.45) is 0 Å². The molecule has 0 radical (unpaired) electrons. The number of carboxylic acid groups (broad SMARTS) is 1. The molecule has 2 aromatic heterocycles. The van der Waals surface area contributed by atoms with Gasteiger partial charge in [-0.05, 0) is 24.5 Å². The van der Waals surface area contributed by atoms with Crippen molar-refractivity contribution < 1.29 is 9.90 Å². The van der Waals surface area contributed by atoms with Gasteiger partial charge in [0.2, 0.25) is 0 Å². The number of aliphatic carboxylic acids is 1. The zero-order valence-electron chi connectivity index (χ0n) is 12.3. The number of anilines is 1. The minimum Gasteiger partial charge on any atom is -0.480 e. The molecule has 0 saturated carbocycles. The van der Waals surface area contributed by atoms with Crippen LogP contribution in [-0.4, -0.2) is 33.6 Å². The van der Waals surface area contributed by atoms with Crippen LogP contribution in [-0.2, 0) is 4.79 Å². The van der Waals surface area contributed by atoms with Gasteiger partial charge in [-0.15, -0.1) is 11.3 Å².